The number of rotatable bonds is 6. The standard InChI is InChI=1S/C16H22O3/c1-6-7-10-19-16(12(2)3)13-8-9-14(17-4)15(11-13)18-5/h8-9,11-12,16H,10H2,1-5H3. The fraction of sp³-hybridized carbons (Fsp3) is 0.500. The maximum Gasteiger partial charge on any atom is 0.161 e. The van der Waals surface area contributed by atoms with Gasteiger partial charge in [-0.05, 0) is 30.5 Å². The predicted octanol–water partition coefficient (Wildman–Crippen LogP) is 3.44. The quantitative estimate of drug-likeness (QED) is 0.735. The molecule has 3 heteroatoms. The summed E-state index contributed by atoms with van der Waals surface area (Å²) in [6.07, 6.45) is 0.000608. The number of benzene rings is 1. The largest absolute Gasteiger partial charge is 0.493 e. The Labute approximate surface area is 115 Å². The Morgan fingerprint density at radius 1 is 1.11 bits per heavy atom. The van der Waals surface area contributed by atoms with Crippen LogP contribution in [-0.2, 0) is 4.74 Å². The van der Waals surface area contributed by atoms with Gasteiger partial charge in [-0.3, -0.25) is 0 Å². The molecular weight excluding hydrogens is 240 g/mol. The average molecular weight is 262 g/mol. The fourth-order valence-corrected chi connectivity index (χ4v) is 1.91. The van der Waals surface area contributed by atoms with Crippen LogP contribution >= 0.6 is 0 Å². The Balaban J connectivity index is 2.97. The van der Waals surface area contributed by atoms with Gasteiger partial charge in [0.15, 0.2) is 11.5 Å². The molecule has 0 bridgehead atoms. The van der Waals surface area contributed by atoms with Crippen molar-refractivity contribution in [3.63, 3.8) is 0 Å². The summed E-state index contributed by atoms with van der Waals surface area (Å²) in [5, 5.41) is 0. The SMILES string of the molecule is CC#CCOC(c1ccc(OC)c(OC)c1)C(C)C. The van der Waals surface area contributed by atoms with Crippen LogP contribution in [0.15, 0.2) is 18.2 Å². The first-order chi connectivity index (χ1) is 9.13. The highest BCUT2D eigenvalue weighted by Gasteiger charge is 2.18. The monoisotopic (exact) mass is 262 g/mol. The Hall–Kier alpha value is -1.66. The minimum atomic E-state index is 0.000608. The summed E-state index contributed by atoms with van der Waals surface area (Å²) in [6.45, 7) is 6.50. The van der Waals surface area contributed by atoms with Crippen molar-refractivity contribution in [1.29, 1.82) is 0 Å². The summed E-state index contributed by atoms with van der Waals surface area (Å²) in [5.41, 5.74) is 1.07. The van der Waals surface area contributed by atoms with Crippen molar-refractivity contribution in [2.75, 3.05) is 20.8 Å². The molecular formula is C16H22O3. The maximum atomic E-state index is 5.83. The molecule has 1 unspecified atom stereocenters. The zero-order chi connectivity index (χ0) is 14.3. The molecule has 19 heavy (non-hydrogen) atoms. The lowest BCUT2D eigenvalue weighted by Crippen LogP contribution is -2.11. The number of methoxy groups -OCH3 is 2. The van der Waals surface area contributed by atoms with Gasteiger partial charge in [0.25, 0.3) is 0 Å². The summed E-state index contributed by atoms with van der Waals surface area (Å²) in [4.78, 5) is 0. The molecule has 0 spiro atoms. The molecule has 0 fully saturated rings. The maximum absolute atomic E-state index is 5.83. The number of ether oxygens (including phenoxy) is 3. The Bertz CT molecular complexity index is 455. The van der Waals surface area contributed by atoms with Crippen molar-refractivity contribution < 1.29 is 14.2 Å². The summed E-state index contributed by atoms with van der Waals surface area (Å²) < 4.78 is 16.4. The second kappa shape index (κ2) is 7.70. The molecule has 1 aromatic rings. The molecule has 0 N–H and O–H groups in total. The zero-order valence-corrected chi connectivity index (χ0v) is 12.3. The normalized spacial score (nSPS) is 11.7. The van der Waals surface area contributed by atoms with Crippen molar-refractivity contribution in [3.05, 3.63) is 23.8 Å². The van der Waals surface area contributed by atoms with E-state index >= 15 is 0 Å². The molecule has 0 amide bonds. The smallest absolute Gasteiger partial charge is 0.161 e. The summed E-state index contributed by atoms with van der Waals surface area (Å²) in [6, 6.07) is 5.87. The lowest BCUT2D eigenvalue weighted by atomic mass is 9.98. The van der Waals surface area contributed by atoms with Crippen LogP contribution in [0, 0.1) is 17.8 Å². The van der Waals surface area contributed by atoms with Gasteiger partial charge in [-0.2, -0.15) is 0 Å². The van der Waals surface area contributed by atoms with Gasteiger partial charge in [-0.1, -0.05) is 25.8 Å². The lowest BCUT2D eigenvalue weighted by molar-refractivity contribution is 0.0424. The van der Waals surface area contributed by atoms with E-state index in [2.05, 4.69) is 25.7 Å². The highest BCUT2D eigenvalue weighted by Crippen LogP contribution is 2.33. The third-order valence-electron chi connectivity index (χ3n) is 2.85. The van der Waals surface area contributed by atoms with Crippen molar-refractivity contribution in [2.24, 2.45) is 5.92 Å². The van der Waals surface area contributed by atoms with Crippen molar-refractivity contribution >= 4 is 0 Å². The van der Waals surface area contributed by atoms with E-state index in [1.54, 1.807) is 14.2 Å². The van der Waals surface area contributed by atoms with Crippen molar-refractivity contribution in [3.8, 4) is 23.3 Å². The van der Waals surface area contributed by atoms with E-state index in [-0.39, 0.29) is 6.10 Å². The molecule has 1 rings (SSSR count). The first-order valence-corrected chi connectivity index (χ1v) is 6.37. The molecule has 0 saturated heterocycles. The third kappa shape index (κ3) is 4.18. The second-order valence-electron chi connectivity index (χ2n) is 4.52. The lowest BCUT2D eigenvalue weighted by Gasteiger charge is -2.22. The van der Waals surface area contributed by atoms with Gasteiger partial charge in [0.05, 0.1) is 20.3 Å². The van der Waals surface area contributed by atoms with E-state index in [1.165, 1.54) is 0 Å². The topological polar surface area (TPSA) is 27.7 Å². The van der Waals surface area contributed by atoms with Gasteiger partial charge in [0.1, 0.15) is 6.61 Å². The predicted molar refractivity (Wildman–Crippen MR) is 76.5 cm³/mol. The molecule has 0 aliphatic carbocycles. The molecule has 1 atom stereocenters. The summed E-state index contributed by atoms with van der Waals surface area (Å²) >= 11 is 0. The highest BCUT2D eigenvalue weighted by molar-refractivity contribution is 5.43. The van der Waals surface area contributed by atoms with Gasteiger partial charge in [-0.25, -0.2) is 0 Å². The van der Waals surface area contributed by atoms with Crippen LogP contribution in [0.25, 0.3) is 0 Å². The molecule has 0 radical (unpaired) electrons. The molecule has 0 aliphatic rings. The van der Waals surface area contributed by atoms with E-state index in [0.717, 1.165) is 17.1 Å². The van der Waals surface area contributed by atoms with Gasteiger partial charge in [-0.15, -0.1) is 5.92 Å². The van der Waals surface area contributed by atoms with Crippen LogP contribution in [0.3, 0.4) is 0 Å². The number of hydrogen-bond donors (Lipinski definition) is 0. The van der Waals surface area contributed by atoms with E-state index in [0.29, 0.717) is 12.5 Å². The summed E-state index contributed by atoms with van der Waals surface area (Å²) in [5.74, 6) is 7.56. The first kappa shape index (κ1) is 15.4. The van der Waals surface area contributed by atoms with E-state index in [4.69, 9.17) is 14.2 Å². The molecule has 0 heterocycles. The van der Waals surface area contributed by atoms with Crippen LogP contribution in [0.2, 0.25) is 0 Å². The Morgan fingerprint density at radius 3 is 2.32 bits per heavy atom. The molecule has 0 aliphatic heterocycles. The molecule has 1 aromatic carbocycles. The van der Waals surface area contributed by atoms with Crippen molar-refractivity contribution in [1.82, 2.24) is 0 Å². The Kier molecular flexibility index (Phi) is 6.24. The van der Waals surface area contributed by atoms with Gasteiger partial charge in [0.2, 0.25) is 0 Å². The molecule has 104 valence electrons. The third-order valence-corrected chi connectivity index (χ3v) is 2.85. The summed E-state index contributed by atoms with van der Waals surface area (Å²) in [7, 11) is 3.26. The number of hydrogen-bond acceptors (Lipinski definition) is 3. The van der Waals surface area contributed by atoms with E-state index < -0.39 is 0 Å². The minimum Gasteiger partial charge on any atom is -0.493 e. The molecule has 0 saturated carbocycles. The van der Waals surface area contributed by atoms with Crippen molar-refractivity contribution in [2.45, 2.75) is 26.9 Å². The fourth-order valence-electron chi connectivity index (χ4n) is 1.91. The minimum absolute atomic E-state index is 0.000608. The van der Waals surface area contributed by atoms with Crippen LogP contribution in [0.5, 0.6) is 11.5 Å². The van der Waals surface area contributed by atoms with E-state index in [1.807, 2.05) is 25.1 Å². The Morgan fingerprint density at radius 2 is 1.79 bits per heavy atom. The molecule has 3 nitrogen and oxygen atoms in total. The van der Waals surface area contributed by atoms with Crippen LogP contribution in [-0.4, -0.2) is 20.8 Å². The van der Waals surface area contributed by atoms with Crippen LogP contribution in [0.1, 0.15) is 32.4 Å². The van der Waals surface area contributed by atoms with Gasteiger partial charge < -0.3 is 14.2 Å². The second-order valence-corrected chi connectivity index (χ2v) is 4.52. The van der Waals surface area contributed by atoms with Gasteiger partial charge >= 0.3 is 0 Å². The average Bonchev–Trinajstić information content (AvgIpc) is 2.42. The van der Waals surface area contributed by atoms with E-state index in [9.17, 15) is 0 Å². The first-order valence-electron chi connectivity index (χ1n) is 6.37. The highest BCUT2D eigenvalue weighted by atomic mass is 16.5. The molecule has 0 aromatic heterocycles. The van der Waals surface area contributed by atoms with Gasteiger partial charge in [0, 0.05) is 0 Å². The van der Waals surface area contributed by atoms with Crippen LogP contribution in [0.4, 0.5) is 0 Å². The van der Waals surface area contributed by atoms with Crippen LogP contribution < -0.4 is 9.47 Å². The zero-order valence-electron chi connectivity index (χ0n) is 12.3.